The lowest BCUT2D eigenvalue weighted by atomic mass is 9.88. The van der Waals surface area contributed by atoms with E-state index in [9.17, 15) is 0 Å². The van der Waals surface area contributed by atoms with Gasteiger partial charge in [0, 0.05) is 6.42 Å². The Morgan fingerprint density at radius 1 is 1.31 bits per heavy atom. The van der Waals surface area contributed by atoms with Gasteiger partial charge in [0.15, 0.2) is 0 Å². The molecule has 16 heavy (non-hydrogen) atoms. The summed E-state index contributed by atoms with van der Waals surface area (Å²) < 4.78 is 5.37. The van der Waals surface area contributed by atoms with E-state index >= 15 is 0 Å². The molecule has 0 radical (unpaired) electrons. The SMILES string of the molecule is c1coc(C2=NNC(C3CCNCC3)C2)c1. The minimum Gasteiger partial charge on any atom is -0.463 e. The molecule has 0 spiro atoms. The monoisotopic (exact) mass is 219 g/mol. The van der Waals surface area contributed by atoms with Crippen LogP contribution in [0, 0.1) is 5.92 Å². The molecule has 2 N–H and O–H groups in total. The first kappa shape index (κ1) is 9.90. The molecular weight excluding hydrogens is 202 g/mol. The summed E-state index contributed by atoms with van der Waals surface area (Å²) in [6.45, 7) is 2.28. The van der Waals surface area contributed by atoms with E-state index in [0.717, 1.165) is 36.9 Å². The van der Waals surface area contributed by atoms with Crippen LogP contribution in [-0.2, 0) is 0 Å². The molecule has 1 saturated heterocycles. The van der Waals surface area contributed by atoms with Gasteiger partial charge >= 0.3 is 0 Å². The van der Waals surface area contributed by atoms with Crippen molar-refractivity contribution in [3.05, 3.63) is 24.2 Å². The number of hydrogen-bond donors (Lipinski definition) is 2. The Labute approximate surface area is 95.1 Å². The summed E-state index contributed by atoms with van der Waals surface area (Å²) in [6.07, 6.45) is 5.20. The minimum absolute atomic E-state index is 0.502. The molecule has 0 amide bonds. The Morgan fingerprint density at radius 2 is 2.19 bits per heavy atom. The summed E-state index contributed by atoms with van der Waals surface area (Å²) in [5, 5.41) is 7.78. The Hall–Kier alpha value is -1.29. The van der Waals surface area contributed by atoms with Crippen molar-refractivity contribution in [1.29, 1.82) is 0 Å². The van der Waals surface area contributed by atoms with Gasteiger partial charge in [-0.15, -0.1) is 0 Å². The number of nitrogens with one attached hydrogen (secondary N) is 2. The Morgan fingerprint density at radius 3 is 2.94 bits per heavy atom. The summed E-state index contributed by atoms with van der Waals surface area (Å²) in [6, 6.07) is 4.39. The van der Waals surface area contributed by atoms with Crippen molar-refractivity contribution in [3.63, 3.8) is 0 Å². The van der Waals surface area contributed by atoms with Crippen LogP contribution in [-0.4, -0.2) is 24.8 Å². The van der Waals surface area contributed by atoms with Gasteiger partial charge in [0.2, 0.25) is 0 Å². The molecule has 3 heterocycles. The first-order valence-corrected chi connectivity index (χ1v) is 6.00. The van der Waals surface area contributed by atoms with E-state index in [1.54, 1.807) is 6.26 Å². The van der Waals surface area contributed by atoms with Gasteiger partial charge in [0.25, 0.3) is 0 Å². The number of piperidine rings is 1. The molecule has 1 fully saturated rings. The number of rotatable bonds is 2. The highest BCUT2D eigenvalue weighted by atomic mass is 16.3. The number of furan rings is 1. The van der Waals surface area contributed by atoms with Gasteiger partial charge in [0.1, 0.15) is 11.5 Å². The van der Waals surface area contributed by atoms with Gasteiger partial charge in [-0.05, 0) is 44.0 Å². The quantitative estimate of drug-likeness (QED) is 0.789. The standard InChI is InChI=1S/C12H17N3O/c1-2-12(16-7-1)11-8-10(14-15-11)9-3-5-13-6-4-9/h1-2,7,9-10,13-14H,3-6,8H2. The second kappa shape index (κ2) is 4.29. The number of hydrogen-bond acceptors (Lipinski definition) is 4. The fourth-order valence-electron chi connectivity index (χ4n) is 2.58. The second-order valence-electron chi connectivity index (χ2n) is 4.56. The molecule has 2 aliphatic heterocycles. The third kappa shape index (κ3) is 1.85. The van der Waals surface area contributed by atoms with Crippen molar-refractivity contribution < 1.29 is 4.42 Å². The Bertz CT molecular complexity index is 366. The Balaban J connectivity index is 1.63. The van der Waals surface area contributed by atoms with E-state index in [1.165, 1.54) is 12.8 Å². The van der Waals surface area contributed by atoms with Crippen molar-refractivity contribution >= 4 is 5.71 Å². The Kier molecular flexibility index (Phi) is 2.66. The highest BCUT2D eigenvalue weighted by molar-refractivity contribution is 5.99. The largest absolute Gasteiger partial charge is 0.463 e. The van der Waals surface area contributed by atoms with E-state index in [-0.39, 0.29) is 0 Å². The van der Waals surface area contributed by atoms with E-state index in [1.807, 2.05) is 12.1 Å². The molecule has 0 bridgehead atoms. The lowest BCUT2D eigenvalue weighted by Gasteiger charge is -2.27. The maximum absolute atomic E-state index is 5.37. The zero-order valence-electron chi connectivity index (χ0n) is 9.28. The molecule has 4 heteroatoms. The molecule has 1 atom stereocenters. The molecule has 3 rings (SSSR count). The van der Waals surface area contributed by atoms with Crippen LogP contribution in [0.2, 0.25) is 0 Å². The topological polar surface area (TPSA) is 49.6 Å². The average molecular weight is 219 g/mol. The fraction of sp³-hybridized carbons (Fsp3) is 0.583. The zero-order valence-corrected chi connectivity index (χ0v) is 9.28. The molecule has 2 aliphatic rings. The number of hydrazone groups is 1. The molecule has 4 nitrogen and oxygen atoms in total. The second-order valence-corrected chi connectivity index (χ2v) is 4.56. The van der Waals surface area contributed by atoms with E-state index in [0.29, 0.717) is 6.04 Å². The van der Waals surface area contributed by atoms with E-state index in [2.05, 4.69) is 15.8 Å². The van der Waals surface area contributed by atoms with Crippen LogP contribution in [0.15, 0.2) is 27.9 Å². The van der Waals surface area contributed by atoms with Gasteiger partial charge in [-0.1, -0.05) is 0 Å². The van der Waals surface area contributed by atoms with Crippen LogP contribution in [0.25, 0.3) is 0 Å². The summed E-state index contributed by atoms with van der Waals surface area (Å²) >= 11 is 0. The molecule has 0 aromatic carbocycles. The zero-order chi connectivity index (χ0) is 10.8. The van der Waals surface area contributed by atoms with Crippen LogP contribution in [0.3, 0.4) is 0 Å². The molecule has 0 aliphatic carbocycles. The first-order valence-electron chi connectivity index (χ1n) is 6.00. The lowest BCUT2D eigenvalue weighted by Crippen LogP contribution is -2.38. The lowest BCUT2D eigenvalue weighted by molar-refractivity contribution is 0.297. The summed E-state index contributed by atoms with van der Waals surface area (Å²) in [7, 11) is 0. The molecule has 1 aromatic heterocycles. The van der Waals surface area contributed by atoms with Gasteiger partial charge < -0.3 is 15.2 Å². The van der Waals surface area contributed by atoms with Gasteiger partial charge in [-0.25, -0.2) is 0 Å². The smallest absolute Gasteiger partial charge is 0.149 e. The maximum atomic E-state index is 5.37. The third-order valence-corrected chi connectivity index (χ3v) is 3.54. The fourth-order valence-corrected chi connectivity index (χ4v) is 2.58. The van der Waals surface area contributed by atoms with Crippen molar-refractivity contribution in [2.75, 3.05) is 13.1 Å². The first-order chi connectivity index (χ1) is 7.93. The van der Waals surface area contributed by atoms with Gasteiger partial charge in [0.05, 0.1) is 12.3 Å². The van der Waals surface area contributed by atoms with Crippen LogP contribution in [0.5, 0.6) is 0 Å². The van der Waals surface area contributed by atoms with Crippen molar-refractivity contribution in [3.8, 4) is 0 Å². The summed E-state index contributed by atoms with van der Waals surface area (Å²) in [5.74, 6) is 1.65. The highest BCUT2D eigenvalue weighted by Crippen LogP contribution is 2.23. The van der Waals surface area contributed by atoms with Crippen LogP contribution >= 0.6 is 0 Å². The van der Waals surface area contributed by atoms with Crippen molar-refractivity contribution in [2.24, 2.45) is 11.0 Å². The van der Waals surface area contributed by atoms with Gasteiger partial charge in [-0.2, -0.15) is 5.10 Å². The summed E-state index contributed by atoms with van der Waals surface area (Å²) in [5.41, 5.74) is 4.33. The van der Waals surface area contributed by atoms with Crippen molar-refractivity contribution in [1.82, 2.24) is 10.7 Å². The molecule has 86 valence electrons. The van der Waals surface area contributed by atoms with E-state index in [4.69, 9.17) is 4.42 Å². The van der Waals surface area contributed by atoms with Crippen molar-refractivity contribution in [2.45, 2.75) is 25.3 Å². The molecule has 1 aromatic rings. The van der Waals surface area contributed by atoms with Crippen LogP contribution in [0.4, 0.5) is 0 Å². The minimum atomic E-state index is 0.502. The third-order valence-electron chi connectivity index (χ3n) is 3.54. The predicted octanol–water partition coefficient (Wildman–Crippen LogP) is 1.35. The molecule has 0 saturated carbocycles. The average Bonchev–Trinajstić information content (AvgIpc) is 3.01. The highest BCUT2D eigenvalue weighted by Gasteiger charge is 2.29. The summed E-state index contributed by atoms with van der Waals surface area (Å²) in [4.78, 5) is 0. The maximum Gasteiger partial charge on any atom is 0.149 e. The van der Waals surface area contributed by atoms with Crippen LogP contribution < -0.4 is 10.7 Å². The molecule has 1 unspecified atom stereocenters. The van der Waals surface area contributed by atoms with Gasteiger partial charge in [-0.3, -0.25) is 0 Å². The predicted molar refractivity (Wildman–Crippen MR) is 62.4 cm³/mol. The number of nitrogens with zero attached hydrogens (tertiary/aromatic N) is 1. The van der Waals surface area contributed by atoms with E-state index < -0.39 is 0 Å². The molecular formula is C12H17N3O. The van der Waals surface area contributed by atoms with Crippen LogP contribution in [0.1, 0.15) is 25.0 Å². The normalized spacial score (nSPS) is 26.5.